The minimum absolute atomic E-state index is 0.147. The summed E-state index contributed by atoms with van der Waals surface area (Å²) in [5.41, 5.74) is 6.84. The lowest BCUT2D eigenvalue weighted by Gasteiger charge is -2.19. The van der Waals surface area contributed by atoms with Crippen LogP contribution in [0.5, 0.6) is 0 Å². The normalized spacial score (nSPS) is 11.6. The maximum absolute atomic E-state index is 12.3. The molecule has 2 aromatic heterocycles. The second-order valence-electron chi connectivity index (χ2n) is 6.58. The van der Waals surface area contributed by atoms with E-state index in [1.807, 2.05) is 24.3 Å². The molecule has 25 heavy (non-hydrogen) atoms. The fourth-order valence-electron chi connectivity index (χ4n) is 2.44. The number of nitrogen functional groups attached to an aromatic ring is 1. The largest absolute Gasteiger partial charge is 0.459 e. The molecule has 0 spiro atoms. The number of fused-ring (bicyclic) bond motifs is 3. The number of hydrogen-bond acceptors (Lipinski definition) is 6. The Bertz CT molecular complexity index is 971. The van der Waals surface area contributed by atoms with Gasteiger partial charge in [0.1, 0.15) is 12.1 Å². The molecule has 1 amide bonds. The molecule has 3 aromatic rings. The standard InChI is InChI=1S/C17H19N5O3/c1-17(2,3)25-14(23)9-19-15(24)12-8-13-10-6-4-5-7-11(10)20-16(18)22(13)21-12/h4-8H,9H2,1-3H3,(H2,18,20)(H,19,24). The quantitative estimate of drug-likeness (QED) is 0.699. The molecule has 0 fully saturated rings. The highest BCUT2D eigenvalue weighted by atomic mass is 16.6. The van der Waals surface area contributed by atoms with Crippen molar-refractivity contribution in [2.75, 3.05) is 12.3 Å². The number of nitrogens with one attached hydrogen (secondary N) is 1. The molecule has 0 atom stereocenters. The second-order valence-corrected chi connectivity index (χ2v) is 6.58. The number of carbonyl (C=O) groups excluding carboxylic acids is 2. The van der Waals surface area contributed by atoms with E-state index in [0.717, 1.165) is 5.39 Å². The highest BCUT2D eigenvalue weighted by molar-refractivity contribution is 6.00. The summed E-state index contributed by atoms with van der Waals surface area (Å²) < 4.78 is 6.56. The lowest BCUT2D eigenvalue weighted by atomic mass is 10.2. The van der Waals surface area contributed by atoms with Crippen molar-refractivity contribution in [3.63, 3.8) is 0 Å². The van der Waals surface area contributed by atoms with Gasteiger partial charge in [-0.1, -0.05) is 18.2 Å². The summed E-state index contributed by atoms with van der Waals surface area (Å²) in [7, 11) is 0. The molecule has 1 aromatic carbocycles. The predicted octanol–water partition coefficient (Wildman–Crippen LogP) is 1.54. The fraction of sp³-hybridized carbons (Fsp3) is 0.294. The van der Waals surface area contributed by atoms with Gasteiger partial charge in [-0.25, -0.2) is 4.98 Å². The number of amides is 1. The fourth-order valence-corrected chi connectivity index (χ4v) is 2.44. The van der Waals surface area contributed by atoms with Gasteiger partial charge < -0.3 is 15.8 Å². The topological polar surface area (TPSA) is 112 Å². The number of hydrogen-bond donors (Lipinski definition) is 2. The summed E-state index contributed by atoms with van der Waals surface area (Å²) in [5.74, 6) is -0.825. The van der Waals surface area contributed by atoms with Crippen molar-refractivity contribution in [2.24, 2.45) is 0 Å². The average molecular weight is 341 g/mol. The first-order chi connectivity index (χ1) is 11.7. The third-order valence-electron chi connectivity index (χ3n) is 3.39. The van der Waals surface area contributed by atoms with E-state index < -0.39 is 17.5 Å². The Morgan fingerprint density at radius 1 is 1.28 bits per heavy atom. The first-order valence-corrected chi connectivity index (χ1v) is 7.79. The summed E-state index contributed by atoms with van der Waals surface area (Å²) in [6.45, 7) is 5.04. The Kier molecular flexibility index (Phi) is 4.03. The monoisotopic (exact) mass is 341 g/mol. The van der Waals surface area contributed by atoms with Gasteiger partial charge in [-0.05, 0) is 32.9 Å². The number of ether oxygens (including phenoxy) is 1. The van der Waals surface area contributed by atoms with Crippen LogP contribution < -0.4 is 11.1 Å². The molecule has 0 saturated heterocycles. The van der Waals surface area contributed by atoms with Gasteiger partial charge in [0, 0.05) is 5.39 Å². The summed E-state index contributed by atoms with van der Waals surface area (Å²) in [4.78, 5) is 28.2. The maximum atomic E-state index is 12.3. The van der Waals surface area contributed by atoms with Gasteiger partial charge in [-0.15, -0.1) is 0 Å². The molecule has 0 unspecified atom stereocenters. The highest BCUT2D eigenvalue weighted by Gasteiger charge is 2.19. The molecular weight excluding hydrogens is 322 g/mol. The van der Waals surface area contributed by atoms with E-state index in [2.05, 4.69) is 15.4 Å². The molecule has 0 aliphatic carbocycles. The van der Waals surface area contributed by atoms with Gasteiger partial charge in [0.2, 0.25) is 5.95 Å². The second kappa shape index (κ2) is 6.04. The smallest absolute Gasteiger partial charge is 0.325 e. The molecule has 0 aliphatic heterocycles. The van der Waals surface area contributed by atoms with E-state index in [9.17, 15) is 9.59 Å². The molecule has 8 nitrogen and oxygen atoms in total. The van der Waals surface area contributed by atoms with Gasteiger partial charge in [0.05, 0.1) is 11.0 Å². The number of aromatic nitrogens is 3. The van der Waals surface area contributed by atoms with Crippen LogP contribution in [0, 0.1) is 0 Å². The molecule has 8 heteroatoms. The van der Waals surface area contributed by atoms with Crippen LogP contribution in [0.3, 0.4) is 0 Å². The number of para-hydroxylation sites is 1. The molecule has 3 rings (SSSR count). The molecular formula is C17H19N5O3. The van der Waals surface area contributed by atoms with Crippen LogP contribution in [-0.2, 0) is 9.53 Å². The number of nitrogens with zero attached hydrogens (tertiary/aromatic N) is 3. The van der Waals surface area contributed by atoms with Crippen LogP contribution in [0.1, 0.15) is 31.3 Å². The summed E-state index contributed by atoms with van der Waals surface area (Å²) in [6, 6.07) is 9.05. The van der Waals surface area contributed by atoms with E-state index in [1.165, 1.54) is 4.52 Å². The number of rotatable bonds is 3. The lowest BCUT2D eigenvalue weighted by Crippen LogP contribution is -2.34. The van der Waals surface area contributed by atoms with E-state index in [1.54, 1.807) is 26.8 Å². The van der Waals surface area contributed by atoms with Gasteiger partial charge >= 0.3 is 5.97 Å². The minimum atomic E-state index is -0.607. The van der Waals surface area contributed by atoms with Crippen molar-refractivity contribution in [1.82, 2.24) is 19.9 Å². The van der Waals surface area contributed by atoms with E-state index in [-0.39, 0.29) is 18.2 Å². The Hall–Kier alpha value is -3.16. The number of anilines is 1. The maximum Gasteiger partial charge on any atom is 0.325 e. The summed E-state index contributed by atoms with van der Waals surface area (Å²) in [6.07, 6.45) is 0. The highest BCUT2D eigenvalue weighted by Crippen LogP contribution is 2.21. The van der Waals surface area contributed by atoms with Crippen LogP contribution in [0.4, 0.5) is 5.95 Å². The molecule has 0 aliphatic rings. The molecule has 130 valence electrons. The van der Waals surface area contributed by atoms with Crippen molar-refractivity contribution in [3.8, 4) is 0 Å². The van der Waals surface area contributed by atoms with Crippen molar-refractivity contribution in [2.45, 2.75) is 26.4 Å². The Balaban J connectivity index is 1.84. The van der Waals surface area contributed by atoms with E-state index in [4.69, 9.17) is 10.5 Å². The first kappa shape index (κ1) is 16.7. The molecule has 0 radical (unpaired) electrons. The zero-order chi connectivity index (χ0) is 18.2. The van der Waals surface area contributed by atoms with Crippen LogP contribution in [0.2, 0.25) is 0 Å². The van der Waals surface area contributed by atoms with Crippen LogP contribution in [0.15, 0.2) is 30.3 Å². The van der Waals surface area contributed by atoms with Crippen LogP contribution in [0.25, 0.3) is 16.4 Å². The van der Waals surface area contributed by atoms with Gasteiger partial charge in [0.15, 0.2) is 5.69 Å². The predicted molar refractivity (Wildman–Crippen MR) is 93.1 cm³/mol. The van der Waals surface area contributed by atoms with E-state index >= 15 is 0 Å². The van der Waals surface area contributed by atoms with Crippen LogP contribution in [-0.4, -0.2) is 38.6 Å². The molecule has 3 N–H and O–H groups in total. The molecule has 0 saturated carbocycles. The Labute approximate surface area is 144 Å². The Morgan fingerprint density at radius 2 is 2.00 bits per heavy atom. The zero-order valence-electron chi connectivity index (χ0n) is 14.2. The summed E-state index contributed by atoms with van der Waals surface area (Å²) in [5, 5.41) is 7.51. The average Bonchev–Trinajstić information content (AvgIpc) is 2.97. The zero-order valence-corrected chi connectivity index (χ0v) is 14.2. The van der Waals surface area contributed by atoms with Gasteiger partial charge in [-0.3, -0.25) is 9.59 Å². The minimum Gasteiger partial charge on any atom is -0.459 e. The number of carbonyl (C=O) groups is 2. The van der Waals surface area contributed by atoms with Gasteiger partial charge in [-0.2, -0.15) is 9.61 Å². The van der Waals surface area contributed by atoms with Gasteiger partial charge in [0.25, 0.3) is 5.91 Å². The number of benzene rings is 1. The molecule has 0 bridgehead atoms. The summed E-state index contributed by atoms with van der Waals surface area (Å²) >= 11 is 0. The number of esters is 1. The third kappa shape index (κ3) is 3.52. The number of nitrogens with two attached hydrogens (primary N) is 1. The van der Waals surface area contributed by atoms with Crippen molar-refractivity contribution in [3.05, 3.63) is 36.0 Å². The van der Waals surface area contributed by atoms with Crippen LogP contribution >= 0.6 is 0 Å². The van der Waals surface area contributed by atoms with E-state index in [0.29, 0.717) is 11.0 Å². The molecule has 2 heterocycles. The SMILES string of the molecule is CC(C)(C)OC(=O)CNC(=O)c1cc2c3ccccc3nc(N)n2n1. The van der Waals surface area contributed by atoms with Crippen molar-refractivity contribution >= 4 is 34.2 Å². The lowest BCUT2D eigenvalue weighted by molar-refractivity contribution is -0.153. The first-order valence-electron chi connectivity index (χ1n) is 7.79. The third-order valence-corrected chi connectivity index (χ3v) is 3.39. The van der Waals surface area contributed by atoms with Crippen molar-refractivity contribution < 1.29 is 14.3 Å². The van der Waals surface area contributed by atoms with Crippen molar-refractivity contribution in [1.29, 1.82) is 0 Å². The Morgan fingerprint density at radius 3 is 2.72 bits per heavy atom.